The van der Waals surface area contributed by atoms with E-state index in [0.29, 0.717) is 24.4 Å². The van der Waals surface area contributed by atoms with Gasteiger partial charge in [-0.2, -0.15) is 0 Å². The monoisotopic (exact) mass is 254 g/mol. The number of rotatable bonds is 7. The van der Waals surface area contributed by atoms with Gasteiger partial charge in [-0.05, 0) is 31.7 Å². The van der Waals surface area contributed by atoms with Gasteiger partial charge in [0.15, 0.2) is 6.61 Å². The van der Waals surface area contributed by atoms with E-state index in [1.54, 1.807) is 7.05 Å². The summed E-state index contributed by atoms with van der Waals surface area (Å²) in [4.78, 5) is 11.4. The number of nitrogens with one attached hydrogen (secondary N) is 2. The van der Waals surface area contributed by atoms with Crippen molar-refractivity contribution in [3.05, 3.63) is 29.6 Å². The predicted molar refractivity (Wildman–Crippen MR) is 68.0 cm³/mol. The molecule has 0 aliphatic carbocycles. The number of carbonyl (C=O) groups is 1. The van der Waals surface area contributed by atoms with Crippen molar-refractivity contribution in [3.63, 3.8) is 0 Å². The number of halogens is 1. The van der Waals surface area contributed by atoms with Gasteiger partial charge >= 0.3 is 0 Å². The Labute approximate surface area is 107 Å². The zero-order chi connectivity index (χ0) is 13.4. The van der Waals surface area contributed by atoms with E-state index in [1.165, 1.54) is 18.2 Å². The molecule has 0 bridgehead atoms. The molecule has 0 radical (unpaired) electrons. The summed E-state index contributed by atoms with van der Waals surface area (Å²) in [7, 11) is 1.77. The molecule has 0 atom stereocenters. The number of ether oxygens (including phenoxy) is 1. The van der Waals surface area contributed by atoms with Crippen LogP contribution in [0.4, 0.5) is 4.39 Å². The third-order valence-electron chi connectivity index (χ3n) is 2.32. The first-order valence-electron chi connectivity index (χ1n) is 6.00. The molecule has 0 heterocycles. The molecule has 0 fully saturated rings. The Hall–Kier alpha value is -1.62. The second kappa shape index (κ2) is 7.66. The number of carbonyl (C=O) groups excluding carboxylic acids is 1. The highest BCUT2D eigenvalue weighted by Gasteiger charge is 2.07. The Kier molecular flexibility index (Phi) is 6.14. The molecule has 1 aromatic rings. The van der Waals surface area contributed by atoms with E-state index < -0.39 is 0 Å². The fourth-order valence-electron chi connectivity index (χ4n) is 1.48. The topological polar surface area (TPSA) is 50.4 Å². The molecule has 0 aliphatic rings. The van der Waals surface area contributed by atoms with Crippen LogP contribution in [-0.2, 0) is 11.3 Å². The van der Waals surface area contributed by atoms with Gasteiger partial charge in [-0.1, -0.05) is 6.92 Å². The van der Waals surface area contributed by atoms with Gasteiger partial charge in [-0.25, -0.2) is 4.39 Å². The van der Waals surface area contributed by atoms with Gasteiger partial charge < -0.3 is 15.4 Å². The van der Waals surface area contributed by atoms with Crippen LogP contribution < -0.4 is 15.4 Å². The Morgan fingerprint density at radius 1 is 1.44 bits per heavy atom. The Balaban J connectivity index is 2.58. The van der Waals surface area contributed by atoms with Crippen LogP contribution in [0, 0.1) is 5.82 Å². The summed E-state index contributed by atoms with van der Waals surface area (Å²) in [6.07, 6.45) is 0.882. The van der Waals surface area contributed by atoms with Crippen molar-refractivity contribution in [3.8, 4) is 5.75 Å². The fraction of sp³-hybridized carbons (Fsp3) is 0.462. The van der Waals surface area contributed by atoms with Crippen LogP contribution in [0.2, 0.25) is 0 Å². The highest BCUT2D eigenvalue weighted by molar-refractivity contribution is 5.77. The number of benzene rings is 1. The SMILES string of the molecule is CCCNC(=O)COc1ccc(F)cc1CNC. The highest BCUT2D eigenvalue weighted by Crippen LogP contribution is 2.19. The normalized spacial score (nSPS) is 10.2. The Morgan fingerprint density at radius 2 is 2.22 bits per heavy atom. The van der Waals surface area contributed by atoms with Crippen LogP contribution >= 0.6 is 0 Å². The summed E-state index contributed by atoms with van der Waals surface area (Å²) in [5.74, 6) is 0.0389. The predicted octanol–water partition coefficient (Wildman–Crippen LogP) is 1.45. The second-order valence-corrected chi connectivity index (χ2v) is 3.92. The summed E-state index contributed by atoms with van der Waals surface area (Å²) in [6.45, 7) is 3.05. The molecule has 4 nitrogen and oxygen atoms in total. The fourth-order valence-corrected chi connectivity index (χ4v) is 1.48. The minimum Gasteiger partial charge on any atom is -0.483 e. The molecule has 0 unspecified atom stereocenters. The van der Waals surface area contributed by atoms with Gasteiger partial charge in [-0.15, -0.1) is 0 Å². The summed E-state index contributed by atoms with van der Waals surface area (Å²) < 4.78 is 18.5. The molecule has 100 valence electrons. The molecule has 0 aromatic heterocycles. The van der Waals surface area contributed by atoms with Crippen LogP contribution in [0.5, 0.6) is 5.75 Å². The Bertz CT molecular complexity index is 397. The van der Waals surface area contributed by atoms with Gasteiger partial charge in [0.1, 0.15) is 11.6 Å². The molecule has 1 amide bonds. The third-order valence-corrected chi connectivity index (χ3v) is 2.32. The van der Waals surface area contributed by atoms with Crippen LogP contribution in [0.25, 0.3) is 0 Å². The maximum Gasteiger partial charge on any atom is 0.257 e. The quantitative estimate of drug-likeness (QED) is 0.774. The molecule has 0 saturated carbocycles. The van der Waals surface area contributed by atoms with E-state index >= 15 is 0 Å². The largest absolute Gasteiger partial charge is 0.483 e. The summed E-state index contributed by atoms with van der Waals surface area (Å²) in [6, 6.07) is 4.25. The van der Waals surface area contributed by atoms with E-state index in [0.717, 1.165) is 6.42 Å². The average molecular weight is 254 g/mol. The zero-order valence-corrected chi connectivity index (χ0v) is 10.8. The van der Waals surface area contributed by atoms with Crippen molar-refractivity contribution < 1.29 is 13.9 Å². The molecule has 2 N–H and O–H groups in total. The Morgan fingerprint density at radius 3 is 2.89 bits per heavy atom. The lowest BCUT2D eigenvalue weighted by Gasteiger charge is -2.11. The minimum atomic E-state index is -0.317. The lowest BCUT2D eigenvalue weighted by atomic mass is 10.2. The molecule has 5 heteroatoms. The van der Waals surface area contributed by atoms with Crippen LogP contribution in [0.1, 0.15) is 18.9 Å². The molecular weight excluding hydrogens is 235 g/mol. The van der Waals surface area contributed by atoms with Crippen LogP contribution in [0.15, 0.2) is 18.2 Å². The minimum absolute atomic E-state index is 0.0532. The third kappa shape index (κ3) is 4.71. The first kappa shape index (κ1) is 14.4. The summed E-state index contributed by atoms with van der Waals surface area (Å²) >= 11 is 0. The maximum absolute atomic E-state index is 13.1. The number of hydrogen-bond donors (Lipinski definition) is 2. The zero-order valence-electron chi connectivity index (χ0n) is 10.8. The van der Waals surface area contributed by atoms with Gasteiger partial charge in [0.05, 0.1) is 0 Å². The lowest BCUT2D eigenvalue weighted by Crippen LogP contribution is -2.29. The smallest absolute Gasteiger partial charge is 0.257 e. The van der Waals surface area contributed by atoms with Crippen molar-refractivity contribution in [1.82, 2.24) is 10.6 Å². The summed E-state index contributed by atoms with van der Waals surface area (Å²) in [5.41, 5.74) is 0.695. The van der Waals surface area contributed by atoms with E-state index in [4.69, 9.17) is 4.74 Å². The molecule has 0 spiro atoms. The second-order valence-electron chi connectivity index (χ2n) is 3.92. The van der Waals surface area contributed by atoms with E-state index in [2.05, 4.69) is 10.6 Å². The number of hydrogen-bond acceptors (Lipinski definition) is 3. The first-order chi connectivity index (χ1) is 8.67. The van der Waals surface area contributed by atoms with Crippen molar-refractivity contribution in [2.45, 2.75) is 19.9 Å². The van der Waals surface area contributed by atoms with Gasteiger partial charge in [0.25, 0.3) is 5.91 Å². The first-order valence-corrected chi connectivity index (χ1v) is 6.00. The van der Waals surface area contributed by atoms with Gasteiger partial charge in [0, 0.05) is 18.7 Å². The molecule has 0 aliphatic heterocycles. The molecule has 1 rings (SSSR count). The molecule has 18 heavy (non-hydrogen) atoms. The maximum atomic E-state index is 13.1. The highest BCUT2D eigenvalue weighted by atomic mass is 19.1. The lowest BCUT2D eigenvalue weighted by molar-refractivity contribution is -0.123. The van der Waals surface area contributed by atoms with E-state index in [9.17, 15) is 9.18 Å². The van der Waals surface area contributed by atoms with E-state index in [1.807, 2.05) is 6.92 Å². The van der Waals surface area contributed by atoms with Crippen molar-refractivity contribution in [2.75, 3.05) is 20.2 Å². The van der Waals surface area contributed by atoms with E-state index in [-0.39, 0.29) is 18.3 Å². The standard InChI is InChI=1S/C13H19FN2O2/c1-3-6-16-13(17)9-18-12-5-4-11(14)7-10(12)8-15-2/h4-5,7,15H,3,6,8-9H2,1-2H3,(H,16,17). The van der Waals surface area contributed by atoms with Crippen LogP contribution in [-0.4, -0.2) is 26.1 Å². The molecular formula is C13H19FN2O2. The average Bonchev–Trinajstić information content (AvgIpc) is 2.36. The van der Waals surface area contributed by atoms with Gasteiger partial charge in [0.2, 0.25) is 0 Å². The van der Waals surface area contributed by atoms with Crippen molar-refractivity contribution in [2.24, 2.45) is 0 Å². The molecule has 0 saturated heterocycles. The van der Waals surface area contributed by atoms with Crippen LogP contribution in [0.3, 0.4) is 0 Å². The van der Waals surface area contributed by atoms with Gasteiger partial charge in [-0.3, -0.25) is 4.79 Å². The number of amides is 1. The van der Waals surface area contributed by atoms with Crippen molar-refractivity contribution >= 4 is 5.91 Å². The summed E-state index contributed by atoms with van der Waals surface area (Å²) in [5, 5.41) is 5.64. The van der Waals surface area contributed by atoms with Crippen molar-refractivity contribution in [1.29, 1.82) is 0 Å². The molecule has 1 aromatic carbocycles.